The van der Waals surface area contributed by atoms with E-state index in [1.165, 1.54) is 17.6 Å². The number of hydrogen-bond donors (Lipinski definition) is 2. The van der Waals surface area contributed by atoms with Crippen LogP contribution in [0.3, 0.4) is 0 Å². The van der Waals surface area contributed by atoms with E-state index in [1.807, 2.05) is 35.2 Å². The van der Waals surface area contributed by atoms with Gasteiger partial charge in [-0.15, -0.1) is 0 Å². The molecule has 1 heterocycles. The maximum Gasteiger partial charge on any atom is 0.472 e. The molecule has 2 aromatic carbocycles. The summed E-state index contributed by atoms with van der Waals surface area (Å²) in [5, 5.41) is 0. The summed E-state index contributed by atoms with van der Waals surface area (Å²) in [6, 6.07) is 15.2. The van der Waals surface area contributed by atoms with Crippen LogP contribution in [0.25, 0.3) is 0 Å². The molecule has 0 unspecified atom stereocenters. The number of amides is 4. The maximum atomic E-state index is 13.2. The molecule has 2 aromatic rings. The molecule has 170 valence electrons. The van der Waals surface area contributed by atoms with Gasteiger partial charge in [-0.1, -0.05) is 30.3 Å². The first-order valence-corrected chi connectivity index (χ1v) is 10.1. The zero-order valence-electron chi connectivity index (χ0n) is 17.2. The Labute approximate surface area is 183 Å². The predicted molar refractivity (Wildman–Crippen MR) is 112 cm³/mol. The monoisotopic (exact) mass is 448 g/mol. The zero-order chi connectivity index (χ0) is 23.1. The van der Waals surface area contributed by atoms with Crippen LogP contribution in [0.15, 0.2) is 54.6 Å². The van der Waals surface area contributed by atoms with Gasteiger partial charge in [0.15, 0.2) is 0 Å². The second-order valence-electron chi connectivity index (χ2n) is 7.35. The van der Waals surface area contributed by atoms with Crippen molar-refractivity contribution in [2.75, 3.05) is 18.0 Å². The molecule has 0 aliphatic carbocycles. The Hall–Kier alpha value is -3.56. The number of benzene rings is 2. The van der Waals surface area contributed by atoms with Gasteiger partial charge in [0.2, 0.25) is 0 Å². The van der Waals surface area contributed by atoms with E-state index in [-0.39, 0.29) is 18.1 Å². The van der Waals surface area contributed by atoms with Gasteiger partial charge in [0.05, 0.1) is 6.54 Å². The Balaban J connectivity index is 1.69. The van der Waals surface area contributed by atoms with E-state index in [0.717, 1.165) is 30.5 Å². The van der Waals surface area contributed by atoms with E-state index in [0.29, 0.717) is 13.1 Å². The summed E-state index contributed by atoms with van der Waals surface area (Å²) in [5.74, 6) is -3.16. The zero-order valence-corrected chi connectivity index (χ0v) is 17.2. The van der Waals surface area contributed by atoms with Gasteiger partial charge in [0.1, 0.15) is 0 Å². The van der Waals surface area contributed by atoms with Crippen molar-refractivity contribution in [1.82, 2.24) is 15.8 Å². The predicted octanol–water partition coefficient (Wildman–Crippen LogP) is 3.62. The normalized spacial score (nSPS) is 13.9. The molecular formula is C22H23F3N4O3. The molecule has 0 saturated carbocycles. The topological polar surface area (TPSA) is 81.8 Å². The van der Waals surface area contributed by atoms with Gasteiger partial charge in [0, 0.05) is 24.3 Å². The number of carbonyl (C=O) groups is 3. The third kappa shape index (κ3) is 5.99. The smallest absolute Gasteiger partial charge is 0.324 e. The van der Waals surface area contributed by atoms with Crippen LogP contribution in [0.1, 0.15) is 35.2 Å². The Bertz CT molecular complexity index is 943. The molecule has 32 heavy (non-hydrogen) atoms. The van der Waals surface area contributed by atoms with E-state index in [4.69, 9.17) is 0 Å². The molecule has 2 N–H and O–H groups in total. The number of urea groups is 1. The van der Waals surface area contributed by atoms with Gasteiger partial charge in [-0.25, -0.2) is 4.79 Å². The molecule has 1 saturated heterocycles. The molecule has 0 spiro atoms. The van der Waals surface area contributed by atoms with Crippen molar-refractivity contribution in [3.8, 4) is 0 Å². The highest BCUT2D eigenvalue weighted by Crippen LogP contribution is 2.21. The fourth-order valence-electron chi connectivity index (χ4n) is 3.33. The van der Waals surface area contributed by atoms with Gasteiger partial charge >= 0.3 is 18.1 Å². The van der Waals surface area contributed by atoms with Gasteiger partial charge in [-0.2, -0.15) is 13.2 Å². The van der Waals surface area contributed by atoms with Gasteiger partial charge in [0.25, 0.3) is 5.91 Å². The molecule has 1 aliphatic heterocycles. The number of nitrogens with one attached hydrogen (secondary N) is 2. The molecule has 0 radical (unpaired) electrons. The van der Waals surface area contributed by atoms with Gasteiger partial charge in [-0.05, 0) is 49.1 Å². The van der Waals surface area contributed by atoms with Crippen LogP contribution >= 0.6 is 0 Å². The van der Waals surface area contributed by atoms with Crippen molar-refractivity contribution >= 4 is 23.5 Å². The number of hydrazine groups is 1. The molecule has 0 atom stereocenters. The highest BCUT2D eigenvalue weighted by Gasteiger charge is 2.39. The van der Waals surface area contributed by atoms with Crippen LogP contribution in [0.2, 0.25) is 0 Å². The van der Waals surface area contributed by atoms with E-state index in [9.17, 15) is 27.6 Å². The second-order valence-corrected chi connectivity index (χ2v) is 7.35. The minimum atomic E-state index is -5.10. The Morgan fingerprint density at radius 3 is 2.09 bits per heavy atom. The Morgan fingerprint density at radius 2 is 1.50 bits per heavy atom. The first kappa shape index (κ1) is 23.1. The third-order valence-corrected chi connectivity index (χ3v) is 5.03. The maximum absolute atomic E-state index is 13.2. The number of rotatable bonds is 4. The molecule has 3 rings (SSSR count). The van der Waals surface area contributed by atoms with E-state index in [1.54, 1.807) is 22.5 Å². The summed E-state index contributed by atoms with van der Waals surface area (Å²) < 4.78 is 36.7. The highest BCUT2D eigenvalue weighted by atomic mass is 19.4. The third-order valence-electron chi connectivity index (χ3n) is 5.03. The summed E-state index contributed by atoms with van der Waals surface area (Å²) in [7, 11) is 0. The SMILES string of the molecule is O=C(NNC(=O)C(F)(F)F)c1ccc(CN(C(=O)N2CCCCC2)c2ccccc2)cc1. The molecule has 1 aliphatic rings. The fourth-order valence-corrected chi connectivity index (χ4v) is 3.33. The minimum absolute atomic E-state index is 0.0600. The molecule has 0 bridgehead atoms. The van der Waals surface area contributed by atoms with E-state index >= 15 is 0 Å². The van der Waals surface area contributed by atoms with Crippen LogP contribution in [-0.2, 0) is 11.3 Å². The molecule has 7 nitrogen and oxygen atoms in total. The number of nitrogens with zero attached hydrogens (tertiary/aromatic N) is 2. The molecule has 0 aromatic heterocycles. The summed E-state index contributed by atoms with van der Waals surface area (Å²) in [4.78, 5) is 39.4. The van der Waals surface area contributed by atoms with Gasteiger partial charge in [-0.3, -0.25) is 25.3 Å². The lowest BCUT2D eigenvalue weighted by atomic mass is 10.1. The molecule has 4 amide bonds. The number of likely N-dealkylation sites (tertiary alicyclic amines) is 1. The summed E-state index contributed by atoms with van der Waals surface area (Å²) in [6.07, 6.45) is -2.08. The average Bonchev–Trinajstić information content (AvgIpc) is 2.81. The largest absolute Gasteiger partial charge is 0.472 e. The van der Waals surface area contributed by atoms with Crippen LogP contribution in [0, 0.1) is 0 Å². The lowest BCUT2D eigenvalue weighted by Crippen LogP contribution is -2.47. The molecular weight excluding hydrogens is 425 g/mol. The summed E-state index contributed by atoms with van der Waals surface area (Å²) in [6.45, 7) is 1.65. The number of piperidine rings is 1. The number of carbonyl (C=O) groups excluding carboxylic acids is 3. The van der Waals surface area contributed by atoms with Crippen molar-refractivity contribution in [3.05, 3.63) is 65.7 Å². The fraction of sp³-hybridized carbons (Fsp3) is 0.318. The van der Waals surface area contributed by atoms with Crippen LogP contribution in [-0.4, -0.2) is 42.0 Å². The average molecular weight is 448 g/mol. The second kappa shape index (κ2) is 10.2. The standard InChI is InChI=1S/C22H23F3N4O3/c23-22(24,25)20(31)27-26-19(30)17-11-9-16(10-12-17)15-29(18-7-3-1-4-8-18)21(32)28-13-5-2-6-14-28/h1,3-4,7-12H,2,5-6,13-15H2,(H,26,30)(H,27,31). The Kier molecular flexibility index (Phi) is 7.34. The van der Waals surface area contributed by atoms with Crippen LogP contribution in [0.5, 0.6) is 0 Å². The van der Waals surface area contributed by atoms with Crippen molar-refractivity contribution in [1.29, 1.82) is 0 Å². The van der Waals surface area contributed by atoms with Crippen LogP contribution < -0.4 is 15.8 Å². The first-order valence-electron chi connectivity index (χ1n) is 10.1. The quantitative estimate of drug-likeness (QED) is 0.701. The van der Waals surface area contributed by atoms with Gasteiger partial charge < -0.3 is 4.90 Å². The first-order chi connectivity index (χ1) is 15.3. The lowest BCUT2D eigenvalue weighted by Gasteiger charge is -2.33. The van der Waals surface area contributed by atoms with E-state index < -0.39 is 18.0 Å². The van der Waals surface area contributed by atoms with Crippen LogP contribution in [0.4, 0.5) is 23.7 Å². The highest BCUT2D eigenvalue weighted by molar-refractivity contribution is 5.96. The minimum Gasteiger partial charge on any atom is -0.324 e. The summed E-state index contributed by atoms with van der Waals surface area (Å²) >= 11 is 0. The van der Waals surface area contributed by atoms with Crippen molar-refractivity contribution in [3.63, 3.8) is 0 Å². The van der Waals surface area contributed by atoms with Crippen molar-refractivity contribution in [2.24, 2.45) is 0 Å². The van der Waals surface area contributed by atoms with E-state index in [2.05, 4.69) is 0 Å². The Morgan fingerprint density at radius 1 is 0.875 bits per heavy atom. The lowest BCUT2D eigenvalue weighted by molar-refractivity contribution is -0.174. The molecule has 10 heteroatoms. The number of para-hydroxylation sites is 1. The van der Waals surface area contributed by atoms with Crippen molar-refractivity contribution < 1.29 is 27.6 Å². The molecule has 1 fully saturated rings. The number of anilines is 1. The number of halogens is 3. The summed E-state index contributed by atoms with van der Waals surface area (Å²) in [5.41, 5.74) is 4.57. The van der Waals surface area contributed by atoms with Crippen molar-refractivity contribution in [2.45, 2.75) is 32.0 Å². The number of hydrogen-bond acceptors (Lipinski definition) is 3. The number of alkyl halides is 3.